The molecule has 0 saturated heterocycles. The molecule has 0 bridgehead atoms. The van der Waals surface area contributed by atoms with Crippen LogP contribution in [0.5, 0.6) is 11.5 Å². The molecule has 0 saturated carbocycles. The van der Waals surface area contributed by atoms with E-state index in [1.54, 1.807) is 33.4 Å². The number of methoxy groups -OCH3 is 2. The van der Waals surface area contributed by atoms with Crippen molar-refractivity contribution in [2.75, 3.05) is 20.8 Å². The Kier molecular flexibility index (Phi) is 5.96. The largest absolute Gasteiger partial charge is 0.493 e. The van der Waals surface area contributed by atoms with Crippen molar-refractivity contribution in [3.63, 3.8) is 0 Å². The number of aromatic nitrogens is 1. The van der Waals surface area contributed by atoms with Gasteiger partial charge in [-0.2, -0.15) is 0 Å². The minimum absolute atomic E-state index is 0.299. The van der Waals surface area contributed by atoms with E-state index in [0.29, 0.717) is 30.1 Å². The Labute approximate surface area is 166 Å². The van der Waals surface area contributed by atoms with Crippen molar-refractivity contribution >= 4 is 32.7 Å². The third-order valence-electron chi connectivity index (χ3n) is 4.23. The van der Waals surface area contributed by atoms with Crippen LogP contribution in [0.3, 0.4) is 0 Å². The first-order valence-electron chi connectivity index (χ1n) is 8.52. The van der Waals surface area contributed by atoms with E-state index in [4.69, 9.17) is 14.2 Å². The van der Waals surface area contributed by atoms with E-state index in [1.165, 1.54) is 0 Å². The van der Waals surface area contributed by atoms with Crippen molar-refractivity contribution in [2.24, 2.45) is 0 Å². The van der Waals surface area contributed by atoms with Gasteiger partial charge in [-0.05, 0) is 36.8 Å². The van der Waals surface area contributed by atoms with E-state index in [-0.39, 0.29) is 0 Å². The zero-order valence-electron chi connectivity index (χ0n) is 15.4. The Morgan fingerprint density at radius 1 is 1.07 bits per heavy atom. The smallest absolute Gasteiger partial charge is 0.340 e. The fourth-order valence-electron chi connectivity index (χ4n) is 2.97. The zero-order chi connectivity index (χ0) is 19.4. The highest BCUT2D eigenvalue weighted by Gasteiger charge is 2.18. The molecule has 0 N–H and O–H groups in total. The summed E-state index contributed by atoms with van der Waals surface area (Å²) in [5.41, 5.74) is 2.36. The van der Waals surface area contributed by atoms with Crippen molar-refractivity contribution in [1.29, 1.82) is 0 Å². The second kappa shape index (κ2) is 8.39. The maximum Gasteiger partial charge on any atom is 0.340 e. The highest BCUT2D eigenvalue weighted by Crippen LogP contribution is 2.35. The normalized spacial score (nSPS) is 10.7. The Hall–Kier alpha value is -2.60. The number of carbonyl (C=O) groups excluding carboxylic acids is 1. The van der Waals surface area contributed by atoms with Crippen molar-refractivity contribution in [3.05, 3.63) is 63.9 Å². The molecule has 1 heterocycles. The molecule has 3 rings (SSSR count). The first kappa shape index (κ1) is 19.2. The summed E-state index contributed by atoms with van der Waals surface area (Å²) in [6.07, 6.45) is 2.19. The number of halogens is 1. The van der Waals surface area contributed by atoms with E-state index in [9.17, 15) is 4.79 Å². The molecule has 0 unspecified atom stereocenters. The molecular weight excluding hydrogens is 410 g/mol. The molecule has 0 atom stereocenters. The average Bonchev–Trinajstić information content (AvgIpc) is 2.67. The molecule has 0 aliphatic heterocycles. The summed E-state index contributed by atoms with van der Waals surface area (Å²) in [4.78, 5) is 16.9. The summed E-state index contributed by atoms with van der Waals surface area (Å²) in [5, 5.41) is 1.56. The highest BCUT2D eigenvalue weighted by molar-refractivity contribution is 9.10. The molecule has 0 fully saturated rings. The lowest BCUT2D eigenvalue weighted by Gasteiger charge is -2.14. The number of fused-ring (bicyclic) bond motifs is 1. The number of hydrogen-bond donors (Lipinski definition) is 0. The predicted octanol–water partition coefficient (Wildman–Crippen LogP) is 4.78. The highest BCUT2D eigenvalue weighted by atomic mass is 79.9. The van der Waals surface area contributed by atoms with E-state index in [1.807, 2.05) is 30.3 Å². The van der Waals surface area contributed by atoms with Gasteiger partial charge in [-0.1, -0.05) is 28.1 Å². The molecule has 5 nitrogen and oxygen atoms in total. The number of ether oxygens (including phenoxy) is 3. The first-order chi connectivity index (χ1) is 13.1. The predicted molar refractivity (Wildman–Crippen MR) is 108 cm³/mol. The third-order valence-corrected chi connectivity index (χ3v) is 4.72. The van der Waals surface area contributed by atoms with Crippen molar-refractivity contribution < 1.29 is 19.0 Å². The van der Waals surface area contributed by atoms with Gasteiger partial charge in [-0.15, -0.1) is 0 Å². The van der Waals surface area contributed by atoms with E-state index in [2.05, 4.69) is 20.9 Å². The number of rotatable bonds is 6. The van der Waals surface area contributed by atoms with Crippen LogP contribution in [0.1, 0.15) is 28.5 Å². The van der Waals surface area contributed by atoms with Crippen molar-refractivity contribution in [3.8, 4) is 11.5 Å². The topological polar surface area (TPSA) is 57.7 Å². The van der Waals surface area contributed by atoms with Crippen LogP contribution in [-0.4, -0.2) is 31.8 Å². The van der Waals surface area contributed by atoms with Gasteiger partial charge in [-0.3, -0.25) is 4.98 Å². The van der Waals surface area contributed by atoms with Gasteiger partial charge in [0.1, 0.15) is 0 Å². The molecule has 6 heteroatoms. The van der Waals surface area contributed by atoms with Crippen LogP contribution in [0.4, 0.5) is 0 Å². The van der Waals surface area contributed by atoms with E-state index in [0.717, 1.165) is 26.5 Å². The lowest BCUT2D eigenvalue weighted by atomic mass is 10.00. The van der Waals surface area contributed by atoms with Gasteiger partial charge in [0, 0.05) is 27.9 Å². The standard InChI is InChI=1S/C21H20BrNO4/c1-4-27-21(24)17-12-23-18(9-13-6-5-7-14(22)8-13)16-11-20(26-3)19(25-2)10-15(16)17/h5-8,10-12H,4,9H2,1-3H3. The number of carbonyl (C=O) groups is 1. The molecule has 0 amide bonds. The lowest BCUT2D eigenvalue weighted by Crippen LogP contribution is -2.08. The Morgan fingerprint density at radius 3 is 2.41 bits per heavy atom. The minimum atomic E-state index is -0.406. The summed E-state index contributed by atoms with van der Waals surface area (Å²) in [5.74, 6) is 0.731. The molecule has 1 aromatic heterocycles. The third kappa shape index (κ3) is 4.06. The number of pyridine rings is 1. The fraction of sp³-hybridized carbons (Fsp3) is 0.238. The quantitative estimate of drug-likeness (QED) is 0.527. The molecule has 3 aromatic rings. The Bertz CT molecular complexity index is 987. The zero-order valence-corrected chi connectivity index (χ0v) is 17.0. The fourth-order valence-corrected chi connectivity index (χ4v) is 3.42. The number of hydrogen-bond acceptors (Lipinski definition) is 5. The first-order valence-corrected chi connectivity index (χ1v) is 9.31. The number of esters is 1. The second-order valence-electron chi connectivity index (χ2n) is 5.90. The molecular formula is C21H20BrNO4. The SMILES string of the molecule is CCOC(=O)c1cnc(Cc2cccc(Br)c2)c2cc(OC)c(OC)cc12. The van der Waals surface area contributed by atoms with Gasteiger partial charge in [0.15, 0.2) is 11.5 Å². The maximum atomic E-state index is 12.4. The molecule has 27 heavy (non-hydrogen) atoms. The summed E-state index contributed by atoms with van der Waals surface area (Å²) in [7, 11) is 3.15. The van der Waals surface area contributed by atoms with Crippen LogP contribution in [0, 0.1) is 0 Å². The second-order valence-corrected chi connectivity index (χ2v) is 6.81. The van der Waals surface area contributed by atoms with Gasteiger partial charge < -0.3 is 14.2 Å². The monoisotopic (exact) mass is 429 g/mol. The van der Waals surface area contributed by atoms with Crippen LogP contribution in [0.25, 0.3) is 10.8 Å². The summed E-state index contributed by atoms with van der Waals surface area (Å²) in [6.45, 7) is 2.08. The van der Waals surface area contributed by atoms with Crippen LogP contribution in [0.15, 0.2) is 47.1 Å². The van der Waals surface area contributed by atoms with Gasteiger partial charge in [0.2, 0.25) is 0 Å². The van der Waals surface area contributed by atoms with Crippen LogP contribution >= 0.6 is 15.9 Å². The molecule has 0 aliphatic rings. The van der Waals surface area contributed by atoms with Gasteiger partial charge in [0.25, 0.3) is 0 Å². The van der Waals surface area contributed by atoms with Crippen molar-refractivity contribution in [1.82, 2.24) is 4.98 Å². The van der Waals surface area contributed by atoms with Crippen LogP contribution in [-0.2, 0) is 11.2 Å². The lowest BCUT2D eigenvalue weighted by molar-refractivity contribution is 0.0528. The van der Waals surface area contributed by atoms with Crippen LogP contribution in [0.2, 0.25) is 0 Å². The molecule has 2 aromatic carbocycles. The summed E-state index contributed by atoms with van der Waals surface area (Å²) >= 11 is 3.50. The van der Waals surface area contributed by atoms with Crippen molar-refractivity contribution in [2.45, 2.75) is 13.3 Å². The number of nitrogens with zero attached hydrogens (tertiary/aromatic N) is 1. The van der Waals surface area contributed by atoms with Gasteiger partial charge in [0.05, 0.1) is 32.1 Å². The summed E-state index contributed by atoms with van der Waals surface area (Å²) in [6, 6.07) is 11.7. The number of benzene rings is 2. The molecule has 0 spiro atoms. The Balaban J connectivity index is 2.19. The van der Waals surface area contributed by atoms with Crippen LogP contribution < -0.4 is 9.47 Å². The molecule has 0 aliphatic carbocycles. The van der Waals surface area contributed by atoms with E-state index >= 15 is 0 Å². The van der Waals surface area contributed by atoms with E-state index < -0.39 is 5.97 Å². The minimum Gasteiger partial charge on any atom is -0.493 e. The Morgan fingerprint density at radius 2 is 1.78 bits per heavy atom. The average molecular weight is 430 g/mol. The van der Waals surface area contributed by atoms with Gasteiger partial charge >= 0.3 is 5.97 Å². The molecule has 0 radical (unpaired) electrons. The summed E-state index contributed by atoms with van der Waals surface area (Å²) < 4.78 is 17.0. The maximum absolute atomic E-state index is 12.4. The van der Waals surface area contributed by atoms with Gasteiger partial charge in [-0.25, -0.2) is 4.79 Å². The molecule has 140 valence electrons.